The molecule has 1 aliphatic rings. The largest absolute Gasteiger partial charge is 0.497 e. The van der Waals surface area contributed by atoms with Crippen molar-refractivity contribution in [3.8, 4) is 5.75 Å². The van der Waals surface area contributed by atoms with Crippen molar-refractivity contribution >= 4 is 5.91 Å². The number of nitrogens with one attached hydrogen (secondary N) is 1. The molecule has 0 saturated carbocycles. The summed E-state index contributed by atoms with van der Waals surface area (Å²) in [5, 5.41) is 12.7. The van der Waals surface area contributed by atoms with E-state index in [9.17, 15) is 9.90 Å². The van der Waals surface area contributed by atoms with Crippen LogP contribution in [0.3, 0.4) is 0 Å². The van der Waals surface area contributed by atoms with Crippen molar-refractivity contribution in [1.29, 1.82) is 0 Å². The maximum Gasteiger partial charge on any atom is 0.220 e. The molecule has 2 rings (SSSR count). The van der Waals surface area contributed by atoms with Crippen LogP contribution in [-0.4, -0.2) is 30.8 Å². The van der Waals surface area contributed by atoms with Crippen LogP contribution in [0.5, 0.6) is 5.75 Å². The monoisotopic (exact) mass is 319 g/mol. The van der Waals surface area contributed by atoms with E-state index in [2.05, 4.69) is 31.3 Å². The highest BCUT2D eigenvalue weighted by atomic mass is 16.5. The Kier molecular flexibility index (Phi) is 6.46. The van der Waals surface area contributed by atoms with Gasteiger partial charge in [-0.05, 0) is 60.8 Å². The van der Waals surface area contributed by atoms with Gasteiger partial charge in [0.25, 0.3) is 0 Å². The highest BCUT2D eigenvalue weighted by Gasteiger charge is 2.23. The normalized spacial score (nSPS) is 18.4. The first-order valence-corrected chi connectivity index (χ1v) is 8.61. The molecule has 1 amide bonds. The average Bonchev–Trinajstić information content (AvgIpc) is 2.52. The number of methoxy groups -OCH3 is 1. The number of amides is 1. The highest BCUT2D eigenvalue weighted by Crippen LogP contribution is 2.35. The van der Waals surface area contributed by atoms with Crippen LogP contribution in [0.15, 0.2) is 18.2 Å². The number of aliphatic hydroxyl groups is 1. The van der Waals surface area contributed by atoms with Crippen molar-refractivity contribution in [1.82, 2.24) is 5.32 Å². The summed E-state index contributed by atoms with van der Waals surface area (Å²) >= 11 is 0. The van der Waals surface area contributed by atoms with Crippen LogP contribution in [0.4, 0.5) is 0 Å². The summed E-state index contributed by atoms with van der Waals surface area (Å²) in [6.45, 7) is 4.48. The van der Waals surface area contributed by atoms with E-state index in [1.807, 2.05) is 6.07 Å². The molecular formula is C19H29NO3. The maximum absolute atomic E-state index is 12.2. The van der Waals surface area contributed by atoms with Gasteiger partial charge in [-0.15, -0.1) is 0 Å². The van der Waals surface area contributed by atoms with E-state index in [1.165, 1.54) is 11.1 Å². The molecule has 0 bridgehead atoms. The molecule has 128 valence electrons. The zero-order valence-electron chi connectivity index (χ0n) is 14.5. The second-order valence-electron chi connectivity index (χ2n) is 6.95. The molecule has 23 heavy (non-hydrogen) atoms. The summed E-state index contributed by atoms with van der Waals surface area (Å²) in [7, 11) is 1.68. The lowest BCUT2D eigenvalue weighted by Gasteiger charge is -2.25. The Bertz CT molecular complexity index is 527. The number of rotatable bonds is 7. The molecule has 2 N–H and O–H groups in total. The summed E-state index contributed by atoms with van der Waals surface area (Å²) in [4.78, 5) is 12.2. The van der Waals surface area contributed by atoms with Gasteiger partial charge in [0.2, 0.25) is 5.91 Å². The molecule has 0 aliphatic heterocycles. The van der Waals surface area contributed by atoms with Gasteiger partial charge in [0.1, 0.15) is 5.75 Å². The molecule has 0 radical (unpaired) electrons. The van der Waals surface area contributed by atoms with Crippen molar-refractivity contribution in [2.45, 2.75) is 58.0 Å². The first-order valence-electron chi connectivity index (χ1n) is 8.61. The van der Waals surface area contributed by atoms with Crippen LogP contribution >= 0.6 is 0 Å². The van der Waals surface area contributed by atoms with E-state index in [-0.39, 0.29) is 11.8 Å². The number of carbonyl (C=O) groups is 1. The molecule has 1 aromatic carbocycles. The van der Waals surface area contributed by atoms with Crippen molar-refractivity contribution < 1.29 is 14.6 Å². The van der Waals surface area contributed by atoms with Crippen LogP contribution < -0.4 is 10.1 Å². The van der Waals surface area contributed by atoms with E-state index >= 15 is 0 Å². The first-order chi connectivity index (χ1) is 11.0. The van der Waals surface area contributed by atoms with Gasteiger partial charge in [-0.3, -0.25) is 4.79 Å². The van der Waals surface area contributed by atoms with E-state index < -0.39 is 6.10 Å². The van der Waals surface area contributed by atoms with Crippen LogP contribution in [0.2, 0.25) is 0 Å². The fourth-order valence-corrected chi connectivity index (χ4v) is 3.39. The summed E-state index contributed by atoms with van der Waals surface area (Å²) < 4.78 is 5.29. The fraction of sp³-hybridized carbons (Fsp3) is 0.632. The average molecular weight is 319 g/mol. The summed E-state index contributed by atoms with van der Waals surface area (Å²) in [5.74, 6) is 1.61. The number of aryl methyl sites for hydroxylation is 1. The molecule has 2 atom stereocenters. The van der Waals surface area contributed by atoms with E-state index in [4.69, 9.17) is 4.74 Å². The van der Waals surface area contributed by atoms with Gasteiger partial charge in [-0.2, -0.15) is 0 Å². The minimum absolute atomic E-state index is 0.0291. The Hall–Kier alpha value is -1.55. The third-order valence-corrected chi connectivity index (χ3v) is 4.50. The lowest BCUT2D eigenvalue weighted by molar-refractivity contribution is -0.122. The molecule has 2 unspecified atom stereocenters. The second-order valence-corrected chi connectivity index (χ2v) is 6.95. The number of benzene rings is 1. The number of hydrogen-bond acceptors (Lipinski definition) is 3. The molecule has 4 heteroatoms. The Morgan fingerprint density at radius 3 is 2.91 bits per heavy atom. The molecule has 0 saturated heterocycles. The van der Waals surface area contributed by atoms with E-state index in [0.717, 1.165) is 25.0 Å². The minimum atomic E-state index is -0.457. The third kappa shape index (κ3) is 5.24. The topological polar surface area (TPSA) is 58.6 Å². The predicted octanol–water partition coefficient (Wildman–Crippen LogP) is 3.03. The fourth-order valence-electron chi connectivity index (χ4n) is 3.39. The Morgan fingerprint density at radius 1 is 1.43 bits per heavy atom. The molecule has 0 fully saturated rings. The Morgan fingerprint density at radius 2 is 2.22 bits per heavy atom. The molecule has 0 spiro atoms. The summed E-state index contributed by atoms with van der Waals surface area (Å²) in [6, 6.07) is 6.16. The Labute approximate surface area is 139 Å². The van der Waals surface area contributed by atoms with Crippen molar-refractivity contribution in [2.24, 2.45) is 5.92 Å². The van der Waals surface area contributed by atoms with Crippen molar-refractivity contribution in [3.63, 3.8) is 0 Å². The van der Waals surface area contributed by atoms with Crippen LogP contribution in [0.25, 0.3) is 0 Å². The third-order valence-electron chi connectivity index (χ3n) is 4.50. The molecule has 1 aromatic rings. The maximum atomic E-state index is 12.2. The molecule has 1 aliphatic carbocycles. The number of hydrogen-bond donors (Lipinski definition) is 2. The van der Waals surface area contributed by atoms with Crippen LogP contribution in [0, 0.1) is 5.92 Å². The van der Waals surface area contributed by atoms with E-state index in [1.54, 1.807) is 7.11 Å². The van der Waals surface area contributed by atoms with Gasteiger partial charge in [-0.1, -0.05) is 19.9 Å². The number of carbonyl (C=O) groups excluding carboxylic acids is 1. The lowest BCUT2D eigenvalue weighted by atomic mass is 9.81. The molecule has 0 heterocycles. The van der Waals surface area contributed by atoms with Gasteiger partial charge in [-0.25, -0.2) is 0 Å². The summed E-state index contributed by atoms with van der Waals surface area (Å²) in [6.07, 6.45) is 3.95. The zero-order chi connectivity index (χ0) is 16.8. The number of ether oxygens (including phenoxy) is 1. The highest BCUT2D eigenvalue weighted by molar-refractivity contribution is 5.77. The van der Waals surface area contributed by atoms with Crippen molar-refractivity contribution in [3.05, 3.63) is 29.3 Å². The molecule has 0 aromatic heterocycles. The van der Waals surface area contributed by atoms with Crippen molar-refractivity contribution in [2.75, 3.05) is 13.7 Å². The van der Waals surface area contributed by atoms with Gasteiger partial charge in [0.15, 0.2) is 0 Å². The smallest absolute Gasteiger partial charge is 0.220 e. The molecular weight excluding hydrogens is 290 g/mol. The van der Waals surface area contributed by atoms with Gasteiger partial charge in [0.05, 0.1) is 13.2 Å². The quantitative estimate of drug-likeness (QED) is 0.812. The number of fused-ring (bicyclic) bond motifs is 1. The van der Waals surface area contributed by atoms with Crippen LogP contribution in [0.1, 0.15) is 56.6 Å². The standard InChI is InChI=1S/C19H29NO3/c1-13(2)9-16(21)12-20-19(22)11-15-6-4-5-14-10-17(23-3)7-8-18(14)15/h7-8,10,13,15-16,21H,4-6,9,11-12H2,1-3H3,(H,20,22). The predicted molar refractivity (Wildman–Crippen MR) is 91.8 cm³/mol. The zero-order valence-corrected chi connectivity index (χ0v) is 14.5. The number of aliphatic hydroxyl groups excluding tert-OH is 1. The summed E-state index contributed by atoms with van der Waals surface area (Å²) in [5.41, 5.74) is 2.57. The van der Waals surface area contributed by atoms with Gasteiger partial charge in [0, 0.05) is 13.0 Å². The van der Waals surface area contributed by atoms with E-state index in [0.29, 0.717) is 25.3 Å². The second kappa shape index (κ2) is 8.34. The Balaban J connectivity index is 1.90. The molecule has 4 nitrogen and oxygen atoms in total. The first kappa shape index (κ1) is 17.8. The van der Waals surface area contributed by atoms with Crippen LogP contribution in [-0.2, 0) is 11.2 Å². The SMILES string of the molecule is COc1ccc2c(c1)CCCC2CC(=O)NCC(O)CC(C)C. The minimum Gasteiger partial charge on any atom is -0.497 e. The van der Waals surface area contributed by atoms with Gasteiger partial charge < -0.3 is 15.2 Å². The van der Waals surface area contributed by atoms with Gasteiger partial charge >= 0.3 is 0 Å². The lowest BCUT2D eigenvalue weighted by Crippen LogP contribution is -2.33.